The molecule has 190 valence electrons. The van der Waals surface area contributed by atoms with Crippen molar-refractivity contribution in [1.82, 2.24) is 20.5 Å². The lowest BCUT2D eigenvalue weighted by Gasteiger charge is -2.28. The van der Waals surface area contributed by atoms with Crippen LogP contribution >= 0.6 is 0 Å². The smallest absolute Gasteiger partial charge is 0.322 e. The number of carbonyl (C=O) groups is 3. The number of hydrogen-bond acceptors (Lipinski definition) is 7. The van der Waals surface area contributed by atoms with Crippen molar-refractivity contribution < 1.29 is 27.9 Å². The number of hydrogen-bond donors (Lipinski definition) is 2. The summed E-state index contributed by atoms with van der Waals surface area (Å²) in [5, 5.41) is 14.1. The third-order valence-electron chi connectivity index (χ3n) is 7.05. The maximum atomic E-state index is 13.8. The first kappa shape index (κ1) is 23.4. The van der Waals surface area contributed by atoms with Gasteiger partial charge in [0.25, 0.3) is 11.8 Å². The van der Waals surface area contributed by atoms with E-state index in [1.54, 1.807) is 42.5 Å². The van der Waals surface area contributed by atoms with Crippen molar-refractivity contribution in [2.45, 2.75) is 18.5 Å². The topological polar surface area (TPSA) is 138 Å². The van der Waals surface area contributed by atoms with Gasteiger partial charge in [-0.1, -0.05) is 12.1 Å². The first-order chi connectivity index (χ1) is 18.3. The van der Waals surface area contributed by atoms with E-state index < -0.39 is 29.2 Å². The third-order valence-corrected chi connectivity index (χ3v) is 7.05. The number of urea groups is 1. The number of carbonyl (C=O) groups excluding carboxylic acids is 3. The van der Waals surface area contributed by atoms with Gasteiger partial charge in [0.05, 0.1) is 25.4 Å². The fourth-order valence-electron chi connectivity index (χ4n) is 5.03. The van der Waals surface area contributed by atoms with Crippen LogP contribution in [0.4, 0.5) is 9.18 Å². The van der Waals surface area contributed by atoms with Crippen molar-refractivity contribution in [3.8, 4) is 11.8 Å². The molecule has 1 aromatic carbocycles. The number of allylic oxidation sites excluding steroid dienone is 4. The Morgan fingerprint density at radius 1 is 1.24 bits per heavy atom. The van der Waals surface area contributed by atoms with E-state index in [0.29, 0.717) is 33.7 Å². The summed E-state index contributed by atoms with van der Waals surface area (Å²) in [5.74, 6) is -1.69. The van der Waals surface area contributed by atoms with Crippen LogP contribution in [-0.4, -0.2) is 41.4 Å². The normalized spacial score (nSPS) is 22.5. The zero-order valence-corrected chi connectivity index (χ0v) is 20.1. The molecule has 2 unspecified atom stereocenters. The molecule has 0 radical (unpaired) electrons. The Hall–Kier alpha value is -4.98. The van der Waals surface area contributed by atoms with Gasteiger partial charge >= 0.3 is 6.03 Å². The number of rotatable bonds is 5. The predicted octanol–water partition coefficient (Wildman–Crippen LogP) is 3.31. The molecule has 2 aromatic heterocycles. The number of nitrogens with zero attached hydrogens (tertiary/aromatic N) is 3. The van der Waals surface area contributed by atoms with Gasteiger partial charge in [0.2, 0.25) is 0 Å². The van der Waals surface area contributed by atoms with Gasteiger partial charge in [0.1, 0.15) is 28.8 Å². The number of ether oxygens (including phenoxy) is 1. The molecule has 3 aliphatic rings. The average Bonchev–Trinajstić information content (AvgIpc) is 3.57. The minimum absolute atomic E-state index is 0.111. The van der Waals surface area contributed by atoms with Crippen molar-refractivity contribution >= 4 is 34.5 Å². The zero-order chi connectivity index (χ0) is 26.6. The van der Waals surface area contributed by atoms with E-state index in [-0.39, 0.29) is 31.2 Å². The Kier molecular flexibility index (Phi) is 5.27. The van der Waals surface area contributed by atoms with Crippen LogP contribution in [0.15, 0.2) is 58.8 Å². The minimum Gasteiger partial charge on any atom is -0.497 e. The molecular weight excluding hydrogens is 493 g/mol. The van der Waals surface area contributed by atoms with E-state index in [4.69, 9.17) is 9.15 Å². The van der Waals surface area contributed by atoms with Crippen LogP contribution in [0.2, 0.25) is 0 Å². The molecule has 3 aromatic rings. The van der Waals surface area contributed by atoms with Crippen molar-refractivity contribution in [1.29, 1.82) is 5.26 Å². The molecule has 0 spiro atoms. The van der Waals surface area contributed by atoms with Gasteiger partial charge in [-0.25, -0.2) is 14.2 Å². The largest absolute Gasteiger partial charge is 0.497 e. The van der Waals surface area contributed by atoms with E-state index in [1.165, 1.54) is 18.1 Å². The summed E-state index contributed by atoms with van der Waals surface area (Å²) < 4.78 is 25.1. The molecule has 0 bridgehead atoms. The molecule has 11 heteroatoms. The Labute approximate surface area is 215 Å². The number of imide groups is 1. The second-order valence-electron chi connectivity index (χ2n) is 9.32. The summed E-state index contributed by atoms with van der Waals surface area (Å²) >= 11 is 0. The highest BCUT2D eigenvalue weighted by molar-refractivity contribution is 6.08. The molecular formula is C27H20FN5O5. The summed E-state index contributed by atoms with van der Waals surface area (Å²) in [6.07, 6.45) is 3.01. The quantitative estimate of drug-likeness (QED) is 0.499. The number of fused-ring (bicyclic) bond motifs is 2. The van der Waals surface area contributed by atoms with Crippen LogP contribution in [0.5, 0.6) is 5.75 Å². The average molecular weight is 513 g/mol. The SMILES string of the molecule is COc1ccc2c(c1)C(=O)N(CC1(c3cc4nc(C5=CC=C(F)C(C#N)C5)ccc4o3)NC(=O)NC1=O)C2. The van der Waals surface area contributed by atoms with E-state index in [0.717, 1.165) is 5.56 Å². The van der Waals surface area contributed by atoms with Crippen molar-refractivity contribution in [2.75, 3.05) is 13.7 Å². The summed E-state index contributed by atoms with van der Waals surface area (Å²) in [6, 6.07) is 11.3. The molecule has 2 aliphatic heterocycles. The van der Waals surface area contributed by atoms with Crippen molar-refractivity contribution in [2.24, 2.45) is 5.92 Å². The summed E-state index contributed by atoms with van der Waals surface area (Å²) in [4.78, 5) is 44.7. The number of furan rings is 1. The number of benzene rings is 1. The molecule has 0 saturated carbocycles. The second-order valence-corrected chi connectivity index (χ2v) is 9.32. The lowest BCUT2D eigenvalue weighted by molar-refractivity contribution is -0.125. The van der Waals surface area contributed by atoms with Crippen LogP contribution in [0, 0.1) is 17.2 Å². The lowest BCUT2D eigenvalue weighted by Crippen LogP contribution is -2.52. The highest BCUT2D eigenvalue weighted by atomic mass is 19.1. The predicted molar refractivity (Wildman–Crippen MR) is 131 cm³/mol. The summed E-state index contributed by atoms with van der Waals surface area (Å²) in [5.41, 5.74) is 1.52. The minimum atomic E-state index is -1.68. The maximum absolute atomic E-state index is 13.8. The maximum Gasteiger partial charge on any atom is 0.322 e. The highest BCUT2D eigenvalue weighted by Gasteiger charge is 2.53. The zero-order valence-electron chi connectivity index (χ0n) is 20.1. The standard InChI is InChI=1S/C27H20FN5O5/c1-37-17-4-2-15-12-33(24(34)18(15)9-17)13-27(25(35)31-26(36)32-27)23-10-21-22(38-23)7-6-20(30-21)14-3-5-19(28)16(8-14)11-29/h2-7,9-10,16H,8,12-13H2,1H3,(H2,31,32,35,36). The fourth-order valence-corrected chi connectivity index (χ4v) is 5.03. The second kappa shape index (κ2) is 8.55. The molecule has 2 N–H and O–H groups in total. The van der Waals surface area contributed by atoms with Crippen LogP contribution in [-0.2, 0) is 16.9 Å². The molecule has 10 nitrogen and oxygen atoms in total. The molecule has 1 saturated heterocycles. The molecule has 1 aliphatic carbocycles. The van der Waals surface area contributed by atoms with Crippen LogP contribution in [0.25, 0.3) is 16.7 Å². The fraction of sp³-hybridized carbons (Fsp3) is 0.222. The van der Waals surface area contributed by atoms with E-state index in [1.807, 2.05) is 6.07 Å². The van der Waals surface area contributed by atoms with Gasteiger partial charge in [-0.2, -0.15) is 5.26 Å². The monoisotopic (exact) mass is 513 g/mol. The van der Waals surface area contributed by atoms with E-state index in [2.05, 4.69) is 15.6 Å². The molecule has 4 heterocycles. The number of halogens is 1. The first-order valence-electron chi connectivity index (χ1n) is 11.8. The Morgan fingerprint density at radius 3 is 2.82 bits per heavy atom. The molecule has 2 atom stereocenters. The Balaban J connectivity index is 1.36. The summed E-state index contributed by atoms with van der Waals surface area (Å²) in [7, 11) is 1.51. The van der Waals surface area contributed by atoms with Gasteiger partial charge in [0.15, 0.2) is 11.1 Å². The van der Waals surface area contributed by atoms with Crippen molar-refractivity contribution in [3.05, 3.63) is 77.0 Å². The third kappa shape index (κ3) is 3.61. The van der Waals surface area contributed by atoms with E-state index >= 15 is 0 Å². The molecule has 4 amide bonds. The summed E-state index contributed by atoms with van der Waals surface area (Å²) in [6.45, 7) is 0.0656. The Bertz CT molecular complexity index is 1650. The number of pyridine rings is 1. The van der Waals surface area contributed by atoms with Crippen LogP contribution in [0.3, 0.4) is 0 Å². The Morgan fingerprint density at radius 2 is 2.08 bits per heavy atom. The van der Waals surface area contributed by atoms with Crippen LogP contribution < -0.4 is 15.4 Å². The lowest BCUT2D eigenvalue weighted by atomic mass is 9.92. The van der Waals surface area contributed by atoms with Crippen molar-refractivity contribution in [3.63, 3.8) is 0 Å². The van der Waals surface area contributed by atoms with Gasteiger partial charge in [-0.15, -0.1) is 0 Å². The number of amides is 4. The highest BCUT2D eigenvalue weighted by Crippen LogP contribution is 2.36. The molecule has 6 rings (SSSR count). The van der Waals surface area contributed by atoms with Gasteiger partial charge < -0.3 is 19.4 Å². The first-order valence-corrected chi connectivity index (χ1v) is 11.8. The number of nitrogens with one attached hydrogen (secondary N) is 2. The number of aromatic nitrogens is 1. The van der Waals surface area contributed by atoms with Gasteiger partial charge in [-0.05, 0) is 47.9 Å². The van der Waals surface area contributed by atoms with Crippen LogP contribution in [0.1, 0.15) is 33.8 Å². The number of methoxy groups -OCH3 is 1. The number of nitriles is 1. The molecule has 38 heavy (non-hydrogen) atoms. The van der Waals surface area contributed by atoms with E-state index in [9.17, 15) is 24.0 Å². The van der Waals surface area contributed by atoms with Gasteiger partial charge in [-0.3, -0.25) is 14.9 Å². The molecule has 1 fully saturated rings. The van der Waals surface area contributed by atoms with Gasteiger partial charge in [0, 0.05) is 18.2 Å².